The van der Waals surface area contributed by atoms with Gasteiger partial charge in [-0.05, 0) is 35.4 Å². The molecule has 0 spiro atoms. The van der Waals surface area contributed by atoms with Gasteiger partial charge in [-0.25, -0.2) is 0 Å². The van der Waals surface area contributed by atoms with Gasteiger partial charge in [0.15, 0.2) is 0 Å². The van der Waals surface area contributed by atoms with E-state index in [1.54, 1.807) is 0 Å². The van der Waals surface area contributed by atoms with Gasteiger partial charge in [-0.2, -0.15) is 0 Å². The molecule has 0 radical (unpaired) electrons. The maximum Gasteiger partial charge on any atom is 0.250 e. The van der Waals surface area contributed by atoms with Crippen molar-refractivity contribution in [2.75, 3.05) is 0 Å². The van der Waals surface area contributed by atoms with Crippen LogP contribution in [0, 0.1) is 0 Å². The number of hydrogen-bond acceptors (Lipinski definition) is 2. The summed E-state index contributed by atoms with van der Waals surface area (Å²) in [6.07, 6.45) is 0. The van der Waals surface area contributed by atoms with E-state index < -0.39 is 11.8 Å². The highest BCUT2D eigenvalue weighted by Crippen LogP contribution is 2.33. The largest absolute Gasteiger partial charge is 0.366 e. The molecule has 0 saturated heterocycles. The number of amides is 2. The summed E-state index contributed by atoms with van der Waals surface area (Å²) in [5.41, 5.74) is 11.3. The Balaban J connectivity index is 2.81. The zero-order valence-electron chi connectivity index (χ0n) is 11.9. The number of carbonyl (C=O) groups is 2. The van der Waals surface area contributed by atoms with Gasteiger partial charge in [-0.3, -0.25) is 9.59 Å². The van der Waals surface area contributed by atoms with Gasteiger partial charge in [0, 0.05) is 0 Å². The summed E-state index contributed by atoms with van der Waals surface area (Å²) in [7, 11) is 0. The van der Waals surface area contributed by atoms with E-state index in [2.05, 4.69) is 0 Å². The Morgan fingerprint density at radius 2 is 0.958 bits per heavy atom. The monoisotopic (exact) mass is 402 g/mol. The summed E-state index contributed by atoms with van der Waals surface area (Å²) < 4.78 is 0. The standard InChI is InChI=1S/C16H10Cl4N2O2/c17-9-3-1-7(5-11(9)19)13(15(21)23)14(16(22)24)8-2-4-10(18)12(20)6-8/h1-6H,(H2,21,23)(H2,22,24). The highest BCUT2D eigenvalue weighted by molar-refractivity contribution is 6.44. The molecule has 0 aromatic heterocycles. The van der Waals surface area contributed by atoms with Crippen molar-refractivity contribution in [2.45, 2.75) is 0 Å². The molecule has 0 aliphatic rings. The van der Waals surface area contributed by atoms with Crippen molar-refractivity contribution in [3.8, 4) is 0 Å². The minimum atomic E-state index is -0.853. The molecule has 124 valence electrons. The molecule has 2 amide bonds. The predicted molar refractivity (Wildman–Crippen MR) is 98.1 cm³/mol. The van der Waals surface area contributed by atoms with Gasteiger partial charge in [-0.1, -0.05) is 58.5 Å². The Kier molecular flexibility index (Phi) is 5.78. The van der Waals surface area contributed by atoms with Crippen LogP contribution >= 0.6 is 46.4 Å². The maximum absolute atomic E-state index is 12.0. The molecule has 0 bridgehead atoms. The van der Waals surface area contributed by atoms with Gasteiger partial charge >= 0.3 is 0 Å². The Morgan fingerprint density at radius 1 is 0.625 bits per heavy atom. The molecule has 0 aliphatic carbocycles. The van der Waals surface area contributed by atoms with E-state index in [1.165, 1.54) is 36.4 Å². The fourth-order valence-electron chi connectivity index (χ4n) is 2.12. The van der Waals surface area contributed by atoms with E-state index in [-0.39, 0.29) is 21.2 Å². The van der Waals surface area contributed by atoms with Gasteiger partial charge < -0.3 is 11.5 Å². The average molecular weight is 404 g/mol. The highest BCUT2D eigenvalue weighted by Gasteiger charge is 2.22. The first-order valence-electron chi connectivity index (χ1n) is 6.47. The first-order valence-corrected chi connectivity index (χ1v) is 7.98. The minimum absolute atomic E-state index is 0.0977. The van der Waals surface area contributed by atoms with Gasteiger partial charge in [-0.15, -0.1) is 0 Å². The minimum Gasteiger partial charge on any atom is -0.366 e. The van der Waals surface area contributed by atoms with Gasteiger partial charge in [0.2, 0.25) is 11.8 Å². The molecule has 2 aromatic carbocycles. The van der Waals surface area contributed by atoms with Gasteiger partial charge in [0.25, 0.3) is 0 Å². The topological polar surface area (TPSA) is 86.2 Å². The summed E-state index contributed by atoms with van der Waals surface area (Å²) in [6, 6.07) is 8.82. The van der Waals surface area contributed by atoms with Crippen LogP contribution in [-0.2, 0) is 9.59 Å². The molecule has 2 rings (SSSR count). The lowest BCUT2D eigenvalue weighted by Gasteiger charge is -2.12. The lowest BCUT2D eigenvalue weighted by atomic mass is 9.93. The second-order valence-corrected chi connectivity index (χ2v) is 6.37. The Bertz CT molecular complexity index is 807. The van der Waals surface area contributed by atoms with Crippen LogP contribution in [-0.4, -0.2) is 11.8 Å². The molecule has 0 fully saturated rings. The first kappa shape index (κ1) is 18.6. The zero-order chi connectivity index (χ0) is 18.0. The SMILES string of the molecule is NC(=O)C(=C(C(N)=O)c1ccc(Cl)c(Cl)c1)c1ccc(Cl)c(Cl)c1. The van der Waals surface area contributed by atoms with E-state index in [4.69, 9.17) is 57.9 Å². The van der Waals surface area contributed by atoms with Crippen molar-refractivity contribution in [1.29, 1.82) is 0 Å². The fraction of sp³-hybridized carbons (Fsp3) is 0. The van der Waals surface area contributed by atoms with Crippen LogP contribution < -0.4 is 11.5 Å². The molecule has 0 aliphatic heterocycles. The summed E-state index contributed by atoms with van der Waals surface area (Å²) >= 11 is 23.7. The van der Waals surface area contributed by atoms with Crippen LogP contribution in [0.4, 0.5) is 0 Å². The summed E-state index contributed by atoms with van der Waals surface area (Å²) in [5, 5.41) is 0.982. The molecule has 0 atom stereocenters. The number of rotatable bonds is 4. The van der Waals surface area contributed by atoms with Crippen LogP contribution in [0.3, 0.4) is 0 Å². The van der Waals surface area contributed by atoms with Gasteiger partial charge in [0.05, 0.1) is 31.2 Å². The third-order valence-corrected chi connectivity index (χ3v) is 4.64. The molecular weight excluding hydrogens is 394 g/mol. The number of primary amides is 2. The Hall–Kier alpha value is -1.72. The predicted octanol–water partition coefficient (Wildman–Crippen LogP) is 4.18. The summed E-state index contributed by atoms with van der Waals surface area (Å²) in [4.78, 5) is 24.0. The van der Waals surface area contributed by atoms with E-state index in [0.717, 1.165) is 0 Å². The molecular formula is C16H10Cl4N2O2. The molecule has 24 heavy (non-hydrogen) atoms. The maximum atomic E-state index is 12.0. The summed E-state index contributed by atoms with van der Waals surface area (Å²) in [6.45, 7) is 0. The van der Waals surface area contributed by atoms with E-state index >= 15 is 0 Å². The van der Waals surface area contributed by atoms with Crippen molar-refractivity contribution in [3.05, 3.63) is 67.6 Å². The van der Waals surface area contributed by atoms with E-state index in [1.807, 2.05) is 0 Å². The van der Waals surface area contributed by atoms with Gasteiger partial charge in [0.1, 0.15) is 0 Å². The second-order valence-electron chi connectivity index (χ2n) is 4.74. The Morgan fingerprint density at radius 3 is 1.21 bits per heavy atom. The number of nitrogens with two attached hydrogens (primary N) is 2. The summed E-state index contributed by atoms with van der Waals surface area (Å²) in [5.74, 6) is -1.71. The van der Waals surface area contributed by atoms with Crippen LogP contribution in [0.2, 0.25) is 20.1 Å². The third-order valence-electron chi connectivity index (χ3n) is 3.16. The number of carbonyl (C=O) groups excluding carboxylic acids is 2. The first-order chi connectivity index (χ1) is 11.2. The normalized spacial score (nSPS) is 11.8. The number of hydrogen-bond donors (Lipinski definition) is 2. The Labute approximate surface area is 157 Å². The smallest absolute Gasteiger partial charge is 0.250 e. The van der Waals surface area contributed by atoms with Crippen molar-refractivity contribution in [2.24, 2.45) is 11.5 Å². The van der Waals surface area contributed by atoms with Crippen molar-refractivity contribution >= 4 is 69.4 Å². The quantitative estimate of drug-likeness (QED) is 0.592. The van der Waals surface area contributed by atoms with E-state index in [9.17, 15) is 9.59 Å². The number of halogens is 4. The number of benzene rings is 2. The zero-order valence-corrected chi connectivity index (χ0v) is 15.0. The van der Waals surface area contributed by atoms with Crippen molar-refractivity contribution in [3.63, 3.8) is 0 Å². The molecule has 2 aromatic rings. The second kappa shape index (κ2) is 7.45. The average Bonchev–Trinajstić information content (AvgIpc) is 2.50. The van der Waals surface area contributed by atoms with Crippen LogP contribution in [0.5, 0.6) is 0 Å². The van der Waals surface area contributed by atoms with E-state index in [0.29, 0.717) is 21.2 Å². The van der Waals surface area contributed by atoms with Crippen LogP contribution in [0.25, 0.3) is 11.1 Å². The molecule has 0 heterocycles. The van der Waals surface area contributed by atoms with Crippen LogP contribution in [0.15, 0.2) is 36.4 Å². The lowest BCUT2D eigenvalue weighted by molar-refractivity contribution is -0.114. The molecule has 4 N–H and O–H groups in total. The molecule has 0 saturated carbocycles. The molecule has 8 heteroatoms. The fourth-order valence-corrected chi connectivity index (χ4v) is 2.72. The van der Waals surface area contributed by atoms with Crippen molar-refractivity contribution < 1.29 is 9.59 Å². The third kappa shape index (κ3) is 3.84. The lowest BCUT2D eigenvalue weighted by Crippen LogP contribution is -2.21. The molecule has 0 unspecified atom stereocenters. The van der Waals surface area contributed by atoms with Crippen LogP contribution in [0.1, 0.15) is 11.1 Å². The molecule has 4 nitrogen and oxygen atoms in total. The van der Waals surface area contributed by atoms with Crippen molar-refractivity contribution in [1.82, 2.24) is 0 Å². The highest BCUT2D eigenvalue weighted by atomic mass is 35.5.